The number of quaternary nitrogens is 1. The lowest BCUT2D eigenvalue weighted by molar-refractivity contribution is -0.946. The maximum Gasteiger partial charge on any atom is 0.121 e. The Morgan fingerprint density at radius 1 is 0.960 bits per heavy atom. The molecule has 3 aromatic rings. The highest BCUT2D eigenvalue weighted by Crippen LogP contribution is 2.42. The average molecular weight is 754 g/mol. The van der Waals surface area contributed by atoms with Crippen molar-refractivity contribution in [1.29, 1.82) is 0 Å². The molecule has 3 aromatic carbocycles. The molecule has 4 fully saturated rings. The monoisotopic (exact) mass is 752 g/mol. The molecule has 9 heteroatoms. The summed E-state index contributed by atoms with van der Waals surface area (Å²) in [5.74, 6) is 1.78. The molecule has 8 nitrogen and oxygen atoms in total. The Balaban J connectivity index is 0.00000486. The van der Waals surface area contributed by atoms with Crippen LogP contribution < -0.4 is 27.0 Å². The normalized spacial score (nSPS) is 24.3. The lowest BCUT2D eigenvalue weighted by atomic mass is 9.80. The summed E-state index contributed by atoms with van der Waals surface area (Å²) in [5.41, 5.74) is 2.37. The maximum atomic E-state index is 12.0. The van der Waals surface area contributed by atoms with Gasteiger partial charge in [0.2, 0.25) is 0 Å². The van der Waals surface area contributed by atoms with Crippen molar-refractivity contribution in [2.24, 2.45) is 11.8 Å². The van der Waals surface area contributed by atoms with Crippen molar-refractivity contribution in [1.82, 2.24) is 5.32 Å². The number of nitrogens with zero attached hydrogens (tertiary/aromatic N) is 1. The maximum absolute atomic E-state index is 12.0. The fourth-order valence-corrected chi connectivity index (χ4v) is 8.63. The van der Waals surface area contributed by atoms with Crippen LogP contribution in [0.4, 0.5) is 0 Å². The van der Waals surface area contributed by atoms with Gasteiger partial charge in [0.15, 0.2) is 0 Å². The van der Waals surface area contributed by atoms with E-state index >= 15 is 0 Å². The van der Waals surface area contributed by atoms with Crippen LogP contribution in [0.2, 0.25) is 0 Å². The zero-order valence-electron chi connectivity index (χ0n) is 29.6. The van der Waals surface area contributed by atoms with Crippen LogP contribution >= 0.6 is 0 Å². The predicted molar refractivity (Wildman–Crippen MR) is 191 cm³/mol. The molecule has 1 saturated carbocycles. The van der Waals surface area contributed by atoms with Gasteiger partial charge in [-0.3, -0.25) is 0 Å². The molecule has 0 spiro atoms. The topological polar surface area (TPSA) is 111 Å². The third-order valence-corrected chi connectivity index (χ3v) is 11.7. The summed E-state index contributed by atoms with van der Waals surface area (Å²) >= 11 is 0. The molecule has 50 heavy (non-hydrogen) atoms. The second-order valence-corrected chi connectivity index (χ2v) is 15.1. The SMILES string of the molecule is C[C@H](Cc1ccc(OCCC[N+]23CCC(CC2)[C@@H](OC[C@@](O)(c2ccccc2)C2CCCC2)C3)cc1)NC[C@H](O)c1ccc(O)c(CO)c1.[Br-]. The van der Waals surface area contributed by atoms with Gasteiger partial charge >= 0.3 is 0 Å². The summed E-state index contributed by atoms with van der Waals surface area (Å²) in [6, 6.07) is 23.5. The highest BCUT2D eigenvalue weighted by molar-refractivity contribution is 5.36. The minimum atomic E-state index is -0.907. The Morgan fingerprint density at radius 2 is 1.68 bits per heavy atom. The van der Waals surface area contributed by atoms with Crippen molar-refractivity contribution in [3.8, 4) is 11.5 Å². The van der Waals surface area contributed by atoms with E-state index < -0.39 is 11.7 Å². The number of halogens is 1. The number of aliphatic hydroxyl groups excluding tert-OH is 2. The van der Waals surface area contributed by atoms with Gasteiger partial charge in [0.25, 0.3) is 0 Å². The van der Waals surface area contributed by atoms with Crippen LogP contribution in [0.3, 0.4) is 0 Å². The Morgan fingerprint density at radius 3 is 2.38 bits per heavy atom. The smallest absolute Gasteiger partial charge is 0.121 e. The first-order chi connectivity index (χ1) is 23.8. The first kappa shape index (κ1) is 38.7. The van der Waals surface area contributed by atoms with Gasteiger partial charge < -0.3 is 56.7 Å². The van der Waals surface area contributed by atoms with Crippen molar-refractivity contribution in [2.45, 2.75) is 88.7 Å². The highest BCUT2D eigenvalue weighted by Gasteiger charge is 2.48. The summed E-state index contributed by atoms with van der Waals surface area (Å²) in [7, 11) is 0. The van der Waals surface area contributed by atoms with E-state index in [1.807, 2.05) is 30.3 Å². The van der Waals surface area contributed by atoms with Crippen molar-refractivity contribution in [3.63, 3.8) is 0 Å². The number of aromatic hydroxyl groups is 1. The van der Waals surface area contributed by atoms with Crippen molar-refractivity contribution < 1.29 is 51.4 Å². The van der Waals surface area contributed by atoms with Gasteiger partial charge in [-0.25, -0.2) is 0 Å². The number of phenols is 1. The fraction of sp³-hybridized carbons (Fsp3) is 0.561. The Labute approximate surface area is 308 Å². The lowest BCUT2D eigenvalue weighted by Crippen LogP contribution is -3.00. The van der Waals surface area contributed by atoms with E-state index in [-0.39, 0.29) is 47.4 Å². The Bertz CT molecular complexity index is 1460. The molecule has 0 radical (unpaired) electrons. The standard InChI is InChI=1S/C41H56N2O6.BrH/c1-30(42-26-39(46)33-14-17-38(45)34(25-33)28-44)24-31-12-15-37(16-13-31)48-23-7-20-43-21-18-32(19-22-43)40(27-43)49-29-41(47,36-10-5-6-11-36)35-8-3-2-4-9-35;/h2-4,8-9,12-17,25,30,32,36,39-40,42,44,46-47H,5-7,10-11,18-24,26-29H2,1H3;1H/t30-,32?,39+,40+,41-,43?;/m1./s1. The van der Waals surface area contributed by atoms with E-state index in [1.165, 1.54) is 50.4 Å². The number of aliphatic hydroxyl groups is 3. The number of nitrogens with one attached hydrogen (secondary N) is 1. The summed E-state index contributed by atoms with van der Waals surface area (Å²) in [6.07, 6.45) is 8.23. The molecule has 0 amide bonds. The summed E-state index contributed by atoms with van der Waals surface area (Å²) in [5, 5.41) is 45.2. The molecular formula is C41H57BrN2O6. The van der Waals surface area contributed by atoms with Crippen LogP contribution in [0.1, 0.15) is 80.2 Å². The van der Waals surface area contributed by atoms with Crippen LogP contribution in [-0.2, 0) is 23.4 Å². The second kappa shape index (κ2) is 17.8. The molecule has 3 heterocycles. The van der Waals surface area contributed by atoms with Gasteiger partial charge in [0.1, 0.15) is 29.7 Å². The van der Waals surface area contributed by atoms with E-state index in [4.69, 9.17) is 9.47 Å². The molecule has 4 atom stereocenters. The molecule has 5 N–H and O–H groups in total. The number of hydrogen-bond donors (Lipinski definition) is 5. The van der Waals surface area contributed by atoms with Gasteiger partial charge in [0, 0.05) is 43.3 Å². The third kappa shape index (κ3) is 9.48. The van der Waals surface area contributed by atoms with E-state index in [9.17, 15) is 20.4 Å². The zero-order chi connectivity index (χ0) is 34.3. The van der Waals surface area contributed by atoms with Gasteiger partial charge in [0.05, 0.1) is 45.6 Å². The second-order valence-electron chi connectivity index (χ2n) is 15.1. The summed E-state index contributed by atoms with van der Waals surface area (Å²) < 4.78 is 14.0. The molecule has 3 aliphatic heterocycles. The molecule has 4 aliphatic rings. The highest BCUT2D eigenvalue weighted by atomic mass is 79.9. The number of ether oxygens (including phenoxy) is 2. The molecular weight excluding hydrogens is 696 g/mol. The van der Waals surface area contributed by atoms with Crippen LogP contribution in [0.5, 0.6) is 11.5 Å². The summed E-state index contributed by atoms with van der Waals surface area (Å²) in [6.45, 7) is 7.85. The number of benzene rings is 3. The Hall–Kier alpha value is -2.50. The third-order valence-electron chi connectivity index (χ3n) is 11.7. The zero-order valence-corrected chi connectivity index (χ0v) is 31.1. The minimum absolute atomic E-state index is 0. The molecule has 0 unspecified atom stereocenters. The number of rotatable bonds is 17. The number of piperidine rings is 3. The molecule has 7 rings (SSSR count). The average Bonchev–Trinajstić information content (AvgIpc) is 3.69. The molecule has 0 aromatic heterocycles. The molecule has 1 aliphatic carbocycles. The minimum Gasteiger partial charge on any atom is -1.00 e. The van der Waals surface area contributed by atoms with E-state index in [0.29, 0.717) is 36.8 Å². The van der Waals surface area contributed by atoms with Crippen LogP contribution in [0, 0.1) is 11.8 Å². The quantitative estimate of drug-likeness (QED) is 0.107. The van der Waals surface area contributed by atoms with Gasteiger partial charge in [-0.05, 0) is 73.1 Å². The Kier molecular flexibility index (Phi) is 13.8. The fourth-order valence-electron chi connectivity index (χ4n) is 8.63. The first-order valence-electron chi connectivity index (χ1n) is 18.6. The van der Waals surface area contributed by atoms with E-state index in [0.717, 1.165) is 54.6 Å². The number of fused-ring (bicyclic) bond motifs is 3. The largest absolute Gasteiger partial charge is 1.00 e. The molecule has 2 bridgehead atoms. The number of hydrogen-bond acceptors (Lipinski definition) is 7. The molecule has 274 valence electrons. The van der Waals surface area contributed by atoms with Crippen molar-refractivity contribution in [3.05, 3.63) is 95.1 Å². The molecule has 3 saturated heterocycles. The van der Waals surface area contributed by atoms with Crippen LogP contribution in [0.25, 0.3) is 0 Å². The van der Waals surface area contributed by atoms with Crippen molar-refractivity contribution >= 4 is 0 Å². The van der Waals surface area contributed by atoms with Crippen LogP contribution in [-0.4, -0.2) is 83.0 Å². The van der Waals surface area contributed by atoms with Gasteiger partial charge in [-0.15, -0.1) is 0 Å². The van der Waals surface area contributed by atoms with Crippen LogP contribution in [0.15, 0.2) is 72.8 Å². The summed E-state index contributed by atoms with van der Waals surface area (Å²) in [4.78, 5) is 0. The van der Waals surface area contributed by atoms with Gasteiger partial charge in [-0.2, -0.15) is 0 Å². The first-order valence-corrected chi connectivity index (χ1v) is 18.6. The predicted octanol–water partition coefficient (Wildman–Crippen LogP) is 2.62. The van der Waals surface area contributed by atoms with Gasteiger partial charge in [-0.1, -0.05) is 61.4 Å². The lowest BCUT2D eigenvalue weighted by Gasteiger charge is -2.53. The van der Waals surface area contributed by atoms with Crippen molar-refractivity contribution in [2.75, 3.05) is 45.9 Å². The van der Waals surface area contributed by atoms with E-state index in [1.54, 1.807) is 12.1 Å². The van der Waals surface area contributed by atoms with E-state index in [2.05, 4.69) is 36.5 Å².